The second-order valence-corrected chi connectivity index (χ2v) is 7.12. The maximum atomic E-state index is 12.5. The predicted octanol–water partition coefficient (Wildman–Crippen LogP) is -1.35. The smallest absolute Gasteiger partial charge is 0.336 e. The Balaban J connectivity index is 2.66. The van der Waals surface area contributed by atoms with Gasteiger partial charge in [-0.2, -0.15) is 0 Å². The number of nitrogens with zero attached hydrogens (tertiary/aromatic N) is 1. The minimum absolute atomic E-state index is 0.0619. The molecule has 1 unspecified atom stereocenters. The Hall–Kier alpha value is -3.99. The van der Waals surface area contributed by atoms with Crippen molar-refractivity contribution in [2.24, 2.45) is 11.8 Å². The van der Waals surface area contributed by atoms with Crippen molar-refractivity contribution in [1.29, 1.82) is 0 Å². The molecule has 0 spiro atoms. The van der Waals surface area contributed by atoms with E-state index in [1.165, 1.54) is 13.8 Å². The summed E-state index contributed by atoms with van der Waals surface area (Å²) in [5.41, 5.74) is 0. The lowest BCUT2D eigenvalue weighted by molar-refractivity contribution is -0.200. The first-order valence-corrected chi connectivity index (χ1v) is 9.64. The molecule has 0 radical (unpaired) electrons. The second kappa shape index (κ2) is 12.0. The molecule has 2 N–H and O–H groups in total. The van der Waals surface area contributed by atoms with Gasteiger partial charge in [-0.1, -0.05) is 6.92 Å². The lowest BCUT2D eigenvalue weighted by Crippen LogP contribution is -2.46. The molecule has 1 aliphatic rings. The number of hydrogen-bond donors (Lipinski definition) is 2. The van der Waals surface area contributed by atoms with Crippen LogP contribution in [0.4, 0.5) is 0 Å². The van der Waals surface area contributed by atoms with E-state index in [1.807, 2.05) is 5.92 Å². The minimum Gasteiger partial charge on any atom is -0.346 e. The van der Waals surface area contributed by atoms with Crippen LogP contribution in [-0.2, 0) is 38.4 Å². The molecular formula is C21H23N3O8. The van der Waals surface area contributed by atoms with Crippen LogP contribution in [-0.4, -0.2) is 58.8 Å². The molecule has 11 nitrogen and oxygen atoms in total. The molecule has 32 heavy (non-hydrogen) atoms. The molecule has 0 bridgehead atoms. The molecule has 0 aromatic rings. The summed E-state index contributed by atoms with van der Waals surface area (Å²) in [4.78, 5) is 87.5. The monoisotopic (exact) mass is 445 g/mol. The van der Waals surface area contributed by atoms with Gasteiger partial charge >= 0.3 is 5.97 Å². The van der Waals surface area contributed by atoms with Crippen LogP contribution in [0.2, 0.25) is 0 Å². The van der Waals surface area contributed by atoms with Gasteiger partial charge in [-0.3, -0.25) is 28.8 Å². The number of nitrogens with one attached hydrogen (secondary N) is 2. The lowest BCUT2D eigenvalue weighted by atomic mass is 9.98. The van der Waals surface area contributed by atoms with E-state index in [4.69, 9.17) is 17.7 Å². The molecule has 1 saturated heterocycles. The Morgan fingerprint density at radius 3 is 2.16 bits per heavy atom. The van der Waals surface area contributed by atoms with Gasteiger partial charge in [0, 0.05) is 32.2 Å². The zero-order valence-electron chi connectivity index (χ0n) is 17.6. The average molecular weight is 445 g/mol. The number of Topliss-reactive ketones (excluding diaryl/α,β-unsaturated/α-hetero) is 2. The molecule has 11 heteroatoms. The lowest BCUT2D eigenvalue weighted by Gasteiger charge is -2.20. The molecule has 3 atom stereocenters. The fourth-order valence-electron chi connectivity index (χ4n) is 2.62. The molecule has 170 valence electrons. The molecule has 0 saturated carbocycles. The second-order valence-electron chi connectivity index (χ2n) is 7.12. The van der Waals surface area contributed by atoms with E-state index >= 15 is 0 Å². The highest BCUT2D eigenvalue weighted by Crippen LogP contribution is 2.16. The Bertz CT molecular complexity index is 895. The van der Waals surface area contributed by atoms with Crippen LogP contribution in [0, 0.1) is 36.5 Å². The van der Waals surface area contributed by atoms with E-state index in [-0.39, 0.29) is 32.2 Å². The summed E-state index contributed by atoms with van der Waals surface area (Å²) in [6.07, 6.45) is 9.10. The van der Waals surface area contributed by atoms with Crippen LogP contribution in [0.1, 0.15) is 39.5 Å². The van der Waals surface area contributed by atoms with Gasteiger partial charge in [0.1, 0.15) is 0 Å². The molecule has 1 fully saturated rings. The number of ketones is 2. The zero-order chi connectivity index (χ0) is 24.4. The molecular weight excluding hydrogens is 422 g/mol. The standard InChI is InChI=1S/C21H23N3O8/c1-5-15(25)10-14(11-22-17(27)6-2)20(30)23-13(4)16(26)9-12(3)21(31)32-24-18(28)7-8-19(24)29/h1-2,12-14H,7-11H2,3-4H3,(H,22,27)(H,23,30)/t12-,13+,14?/m1/s1. The Kier molecular flexibility index (Phi) is 9.77. The molecule has 0 aromatic carbocycles. The van der Waals surface area contributed by atoms with Gasteiger partial charge in [0.25, 0.3) is 17.7 Å². The number of carbonyl (C=O) groups is 7. The quantitative estimate of drug-likeness (QED) is 0.225. The van der Waals surface area contributed by atoms with Gasteiger partial charge in [-0.25, -0.2) is 4.79 Å². The normalized spacial score (nSPS) is 15.6. The molecule has 1 rings (SSSR count). The summed E-state index contributed by atoms with van der Waals surface area (Å²) < 4.78 is 0. The molecule has 4 amide bonds. The average Bonchev–Trinajstić information content (AvgIpc) is 3.07. The molecule has 1 heterocycles. The van der Waals surface area contributed by atoms with Gasteiger partial charge in [-0.15, -0.1) is 17.9 Å². The number of hydrogen-bond acceptors (Lipinski definition) is 8. The van der Waals surface area contributed by atoms with Crippen LogP contribution < -0.4 is 10.6 Å². The largest absolute Gasteiger partial charge is 0.346 e. The highest BCUT2D eigenvalue weighted by molar-refractivity contribution is 6.02. The fourth-order valence-corrected chi connectivity index (χ4v) is 2.62. The Morgan fingerprint density at radius 2 is 1.62 bits per heavy atom. The van der Waals surface area contributed by atoms with Gasteiger partial charge < -0.3 is 15.5 Å². The van der Waals surface area contributed by atoms with Crippen molar-refractivity contribution in [3.8, 4) is 24.7 Å². The van der Waals surface area contributed by atoms with Gasteiger partial charge in [-0.05, 0) is 18.8 Å². The van der Waals surface area contributed by atoms with E-state index in [0.717, 1.165) is 0 Å². The predicted molar refractivity (Wildman–Crippen MR) is 107 cm³/mol. The summed E-state index contributed by atoms with van der Waals surface area (Å²) >= 11 is 0. The van der Waals surface area contributed by atoms with Crippen molar-refractivity contribution in [2.75, 3.05) is 6.54 Å². The summed E-state index contributed by atoms with van der Waals surface area (Å²) in [6, 6.07) is -1.06. The van der Waals surface area contributed by atoms with Gasteiger partial charge in [0.05, 0.1) is 17.9 Å². The number of hydroxylamine groups is 2. The van der Waals surface area contributed by atoms with Crippen LogP contribution in [0.15, 0.2) is 0 Å². The summed E-state index contributed by atoms with van der Waals surface area (Å²) in [7, 11) is 0. The van der Waals surface area contributed by atoms with Crippen molar-refractivity contribution in [3.63, 3.8) is 0 Å². The van der Waals surface area contributed by atoms with Crippen molar-refractivity contribution in [2.45, 2.75) is 45.6 Å². The third-order valence-electron chi connectivity index (χ3n) is 4.54. The molecule has 0 aromatic heterocycles. The highest BCUT2D eigenvalue weighted by Gasteiger charge is 2.35. The number of terminal acetylenes is 2. The molecule has 1 aliphatic heterocycles. The van der Waals surface area contributed by atoms with E-state index in [1.54, 1.807) is 5.92 Å². The van der Waals surface area contributed by atoms with Crippen LogP contribution in [0.5, 0.6) is 0 Å². The van der Waals surface area contributed by atoms with E-state index in [9.17, 15) is 33.6 Å². The van der Waals surface area contributed by atoms with Crippen molar-refractivity contribution < 1.29 is 38.4 Å². The minimum atomic E-state index is -1.07. The van der Waals surface area contributed by atoms with Crippen LogP contribution in [0.3, 0.4) is 0 Å². The van der Waals surface area contributed by atoms with E-state index in [0.29, 0.717) is 5.06 Å². The summed E-state index contributed by atoms with van der Waals surface area (Å²) in [5, 5.41) is 5.05. The number of rotatable bonds is 11. The highest BCUT2D eigenvalue weighted by atomic mass is 16.7. The summed E-state index contributed by atoms with van der Waals surface area (Å²) in [5.74, 6) is -3.40. The maximum absolute atomic E-state index is 12.5. The van der Waals surface area contributed by atoms with Crippen LogP contribution in [0.25, 0.3) is 0 Å². The maximum Gasteiger partial charge on any atom is 0.336 e. The SMILES string of the molecule is C#CC(=O)CC(CNC(=O)C#C)C(=O)N[C@@H](C)C(=O)C[C@@H](C)C(=O)ON1C(=O)CCC1=O. The Labute approximate surface area is 184 Å². The van der Waals surface area contributed by atoms with Crippen molar-refractivity contribution in [1.82, 2.24) is 15.7 Å². The van der Waals surface area contributed by atoms with Crippen molar-refractivity contribution in [3.05, 3.63) is 0 Å². The third-order valence-corrected chi connectivity index (χ3v) is 4.54. The van der Waals surface area contributed by atoms with Gasteiger partial charge in [0.15, 0.2) is 5.78 Å². The van der Waals surface area contributed by atoms with Crippen LogP contribution >= 0.6 is 0 Å². The first-order valence-electron chi connectivity index (χ1n) is 9.64. The van der Waals surface area contributed by atoms with Gasteiger partial charge in [0.2, 0.25) is 11.7 Å². The van der Waals surface area contributed by atoms with E-state index in [2.05, 4.69) is 10.6 Å². The van der Waals surface area contributed by atoms with Crippen molar-refractivity contribution >= 4 is 41.2 Å². The number of amides is 4. The third kappa shape index (κ3) is 7.69. The first-order chi connectivity index (χ1) is 15.0. The zero-order valence-corrected chi connectivity index (χ0v) is 17.6. The number of imide groups is 1. The summed E-state index contributed by atoms with van der Waals surface area (Å²) in [6.45, 7) is 2.46. The number of carbonyl (C=O) groups excluding carboxylic acids is 7. The topological polar surface area (TPSA) is 156 Å². The fraction of sp³-hybridized carbons (Fsp3) is 0.476. The first kappa shape index (κ1) is 26.0. The van der Waals surface area contributed by atoms with E-state index < -0.39 is 59.0 Å². The Morgan fingerprint density at radius 1 is 1.03 bits per heavy atom. The molecule has 0 aliphatic carbocycles.